The van der Waals surface area contributed by atoms with E-state index in [9.17, 15) is 13.2 Å². The van der Waals surface area contributed by atoms with E-state index in [2.05, 4.69) is 21.2 Å². The molecular formula is C15H15BrF3NO. The van der Waals surface area contributed by atoms with Crippen molar-refractivity contribution in [3.63, 3.8) is 0 Å². The van der Waals surface area contributed by atoms with Crippen molar-refractivity contribution in [2.75, 3.05) is 6.54 Å². The molecule has 0 aliphatic carbocycles. The van der Waals surface area contributed by atoms with Gasteiger partial charge < -0.3 is 9.73 Å². The van der Waals surface area contributed by atoms with Crippen LogP contribution in [0.3, 0.4) is 0 Å². The third-order valence-corrected chi connectivity index (χ3v) is 3.76. The van der Waals surface area contributed by atoms with Crippen molar-refractivity contribution < 1.29 is 17.6 Å². The van der Waals surface area contributed by atoms with Gasteiger partial charge in [0.15, 0.2) is 0 Å². The lowest BCUT2D eigenvalue weighted by Crippen LogP contribution is -2.23. The van der Waals surface area contributed by atoms with Gasteiger partial charge in [-0.1, -0.05) is 25.1 Å². The summed E-state index contributed by atoms with van der Waals surface area (Å²) >= 11 is 3.38. The highest BCUT2D eigenvalue weighted by Gasteiger charge is 2.30. The lowest BCUT2D eigenvalue weighted by Gasteiger charge is -2.17. The van der Waals surface area contributed by atoms with Gasteiger partial charge in [0.25, 0.3) is 0 Å². The van der Waals surface area contributed by atoms with Crippen molar-refractivity contribution in [2.45, 2.75) is 25.6 Å². The standard InChI is InChI=1S/C15H15BrF3NO/c1-2-20-13(14-12(16)6-7-21-14)9-10-4-3-5-11(8-10)15(17,18)19/h3-8,13,20H,2,9H2,1H3. The van der Waals surface area contributed by atoms with Crippen LogP contribution in [0.25, 0.3) is 0 Å². The molecule has 0 spiro atoms. The molecule has 1 aromatic carbocycles. The van der Waals surface area contributed by atoms with Crippen LogP contribution in [0, 0.1) is 0 Å². The second kappa shape index (κ2) is 6.66. The smallest absolute Gasteiger partial charge is 0.416 e. The van der Waals surface area contributed by atoms with Gasteiger partial charge in [0, 0.05) is 0 Å². The van der Waals surface area contributed by atoms with Gasteiger partial charge in [-0.05, 0) is 46.6 Å². The average molecular weight is 362 g/mol. The van der Waals surface area contributed by atoms with Gasteiger partial charge in [-0.2, -0.15) is 13.2 Å². The molecule has 2 aromatic rings. The van der Waals surface area contributed by atoms with Gasteiger partial charge in [0.1, 0.15) is 5.76 Å². The molecule has 6 heteroatoms. The number of benzene rings is 1. The van der Waals surface area contributed by atoms with Crippen molar-refractivity contribution >= 4 is 15.9 Å². The summed E-state index contributed by atoms with van der Waals surface area (Å²) in [6, 6.07) is 6.97. The number of furan rings is 1. The van der Waals surface area contributed by atoms with E-state index >= 15 is 0 Å². The largest absolute Gasteiger partial charge is 0.466 e. The Morgan fingerprint density at radius 1 is 1.29 bits per heavy atom. The fraction of sp³-hybridized carbons (Fsp3) is 0.333. The molecule has 0 amide bonds. The zero-order valence-corrected chi connectivity index (χ0v) is 13.0. The summed E-state index contributed by atoms with van der Waals surface area (Å²) in [6.45, 7) is 2.63. The number of hydrogen-bond acceptors (Lipinski definition) is 2. The number of nitrogens with one attached hydrogen (secondary N) is 1. The predicted molar refractivity (Wildman–Crippen MR) is 78.0 cm³/mol. The molecule has 1 N–H and O–H groups in total. The van der Waals surface area contributed by atoms with Crippen LogP contribution in [0.1, 0.15) is 29.9 Å². The highest BCUT2D eigenvalue weighted by molar-refractivity contribution is 9.10. The molecule has 0 aliphatic rings. The zero-order valence-electron chi connectivity index (χ0n) is 11.4. The van der Waals surface area contributed by atoms with Crippen molar-refractivity contribution in [1.29, 1.82) is 0 Å². The monoisotopic (exact) mass is 361 g/mol. The second-order valence-electron chi connectivity index (χ2n) is 4.65. The van der Waals surface area contributed by atoms with Crippen molar-refractivity contribution in [3.8, 4) is 0 Å². The highest BCUT2D eigenvalue weighted by Crippen LogP contribution is 2.31. The van der Waals surface area contributed by atoms with E-state index in [0.29, 0.717) is 24.3 Å². The molecule has 1 aromatic heterocycles. The third-order valence-electron chi connectivity index (χ3n) is 3.11. The molecule has 0 saturated heterocycles. The summed E-state index contributed by atoms with van der Waals surface area (Å²) in [7, 11) is 0. The molecule has 1 heterocycles. The van der Waals surface area contributed by atoms with E-state index in [1.165, 1.54) is 12.1 Å². The predicted octanol–water partition coefficient (Wildman–Crippen LogP) is 4.95. The van der Waals surface area contributed by atoms with E-state index in [4.69, 9.17) is 4.42 Å². The van der Waals surface area contributed by atoms with Gasteiger partial charge in [0.2, 0.25) is 0 Å². The first-order valence-corrected chi connectivity index (χ1v) is 7.33. The maximum absolute atomic E-state index is 12.7. The quantitative estimate of drug-likeness (QED) is 0.814. The Balaban J connectivity index is 2.24. The summed E-state index contributed by atoms with van der Waals surface area (Å²) in [6.07, 6.45) is -2.35. The van der Waals surface area contributed by atoms with Crippen LogP contribution in [-0.2, 0) is 12.6 Å². The molecule has 0 saturated carbocycles. The Bertz CT molecular complexity index is 595. The number of hydrogen-bond donors (Lipinski definition) is 1. The van der Waals surface area contributed by atoms with Crippen LogP contribution in [0.2, 0.25) is 0 Å². The van der Waals surface area contributed by atoms with E-state index in [0.717, 1.165) is 10.5 Å². The van der Waals surface area contributed by atoms with Gasteiger partial charge in [-0.3, -0.25) is 0 Å². The Kier molecular flexibility index (Phi) is 5.11. The molecule has 2 nitrogen and oxygen atoms in total. The minimum Gasteiger partial charge on any atom is -0.466 e. The molecular weight excluding hydrogens is 347 g/mol. The van der Waals surface area contributed by atoms with Gasteiger partial charge in [-0.25, -0.2) is 0 Å². The molecule has 0 radical (unpaired) electrons. The maximum atomic E-state index is 12.7. The average Bonchev–Trinajstić information content (AvgIpc) is 2.84. The minimum absolute atomic E-state index is 0.178. The molecule has 0 bridgehead atoms. The molecule has 2 rings (SSSR count). The Morgan fingerprint density at radius 2 is 2.05 bits per heavy atom. The molecule has 21 heavy (non-hydrogen) atoms. The topological polar surface area (TPSA) is 25.2 Å². The molecule has 1 atom stereocenters. The zero-order chi connectivity index (χ0) is 15.5. The van der Waals surface area contributed by atoms with Gasteiger partial charge in [0.05, 0.1) is 22.3 Å². The molecule has 0 aliphatic heterocycles. The lowest BCUT2D eigenvalue weighted by molar-refractivity contribution is -0.137. The molecule has 1 unspecified atom stereocenters. The van der Waals surface area contributed by atoms with Crippen molar-refractivity contribution in [1.82, 2.24) is 5.32 Å². The minimum atomic E-state index is -4.32. The second-order valence-corrected chi connectivity index (χ2v) is 5.50. The Labute approximate surface area is 129 Å². The maximum Gasteiger partial charge on any atom is 0.416 e. The summed E-state index contributed by atoms with van der Waals surface area (Å²) in [5.74, 6) is 0.689. The fourth-order valence-electron chi connectivity index (χ4n) is 2.17. The van der Waals surface area contributed by atoms with Gasteiger partial charge >= 0.3 is 6.18 Å². The first-order valence-electron chi connectivity index (χ1n) is 6.54. The third kappa shape index (κ3) is 4.11. The SMILES string of the molecule is CCNC(Cc1cccc(C(F)(F)F)c1)c1occc1Br. The van der Waals surface area contributed by atoms with E-state index < -0.39 is 11.7 Å². The highest BCUT2D eigenvalue weighted by atomic mass is 79.9. The van der Waals surface area contributed by atoms with Crippen LogP contribution in [0.15, 0.2) is 45.5 Å². The van der Waals surface area contributed by atoms with Gasteiger partial charge in [-0.15, -0.1) is 0 Å². The Morgan fingerprint density at radius 3 is 2.62 bits per heavy atom. The first-order chi connectivity index (χ1) is 9.91. The van der Waals surface area contributed by atoms with E-state index in [1.54, 1.807) is 18.4 Å². The Hall–Kier alpha value is -1.27. The van der Waals surface area contributed by atoms with E-state index in [-0.39, 0.29) is 6.04 Å². The summed E-state index contributed by atoms with van der Waals surface area (Å²) < 4.78 is 44.5. The van der Waals surface area contributed by atoms with Crippen LogP contribution in [0.4, 0.5) is 13.2 Å². The number of halogens is 4. The summed E-state index contributed by atoms with van der Waals surface area (Å²) in [5.41, 5.74) is -0.0205. The van der Waals surface area contributed by atoms with Crippen LogP contribution < -0.4 is 5.32 Å². The normalized spacial score (nSPS) is 13.4. The summed E-state index contributed by atoms with van der Waals surface area (Å²) in [4.78, 5) is 0. The van der Waals surface area contributed by atoms with Crippen molar-refractivity contribution in [2.24, 2.45) is 0 Å². The number of rotatable bonds is 5. The molecule has 0 fully saturated rings. The fourth-order valence-corrected chi connectivity index (χ4v) is 2.65. The number of alkyl halides is 3. The van der Waals surface area contributed by atoms with Crippen LogP contribution in [0.5, 0.6) is 0 Å². The van der Waals surface area contributed by atoms with Crippen molar-refractivity contribution in [3.05, 3.63) is 58.0 Å². The van der Waals surface area contributed by atoms with Crippen LogP contribution in [-0.4, -0.2) is 6.54 Å². The van der Waals surface area contributed by atoms with E-state index in [1.807, 2.05) is 6.92 Å². The molecule has 114 valence electrons. The van der Waals surface area contributed by atoms with Crippen LogP contribution >= 0.6 is 15.9 Å². The first kappa shape index (κ1) is 16.1. The number of likely N-dealkylation sites (N-methyl/N-ethyl adjacent to an activating group) is 1. The lowest BCUT2D eigenvalue weighted by atomic mass is 10.0. The summed E-state index contributed by atoms with van der Waals surface area (Å²) in [5, 5.41) is 3.23.